The van der Waals surface area contributed by atoms with Crippen LogP contribution in [0, 0.1) is 17.5 Å². The second kappa shape index (κ2) is 8.08. The minimum Gasteiger partial charge on any atom is -0.352 e. The Morgan fingerprint density at radius 2 is 1.55 bits per heavy atom. The first-order chi connectivity index (χ1) is 15.8. The summed E-state index contributed by atoms with van der Waals surface area (Å²) in [5.74, 6) is -1.76. The van der Waals surface area contributed by atoms with Crippen LogP contribution in [0.2, 0.25) is 0 Å². The lowest BCUT2D eigenvalue weighted by atomic mass is 10.3. The van der Waals surface area contributed by atoms with Gasteiger partial charge in [0.2, 0.25) is 10.0 Å². The average molecular weight is 475 g/mol. The van der Waals surface area contributed by atoms with Crippen molar-refractivity contribution < 1.29 is 21.6 Å². The zero-order valence-corrected chi connectivity index (χ0v) is 17.8. The molecule has 0 unspecified atom stereocenters. The second-order valence-electron chi connectivity index (χ2n) is 7.31. The summed E-state index contributed by atoms with van der Waals surface area (Å²) < 4.78 is 69.0. The van der Waals surface area contributed by atoms with Gasteiger partial charge in [0.1, 0.15) is 28.7 Å². The first-order valence-corrected chi connectivity index (χ1v) is 11.3. The maximum Gasteiger partial charge on any atom is 0.246 e. The van der Waals surface area contributed by atoms with Gasteiger partial charge in [-0.3, -0.25) is 0 Å². The number of hydrogen-bond donors (Lipinski definition) is 0. The van der Waals surface area contributed by atoms with E-state index in [-0.39, 0.29) is 32.0 Å². The molecule has 0 spiro atoms. The Kier molecular flexibility index (Phi) is 5.21. The third kappa shape index (κ3) is 3.78. The first-order valence-electron chi connectivity index (χ1n) is 9.87. The van der Waals surface area contributed by atoms with Gasteiger partial charge in [0.05, 0.1) is 5.69 Å². The number of rotatable bonds is 4. The van der Waals surface area contributed by atoms with E-state index in [1.807, 2.05) is 4.90 Å². The normalized spacial score (nSPS) is 15.3. The predicted octanol–water partition coefficient (Wildman–Crippen LogP) is 2.14. The van der Waals surface area contributed by atoms with E-state index in [0.29, 0.717) is 28.7 Å². The molecular weight excluding hydrogens is 459 g/mol. The largest absolute Gasteiger partial charge is 0.352 e. The van der Waals surface area contributed by atoms with Crippen molar-refractivity contribution in [2.75, 3.05) is 31.1 Å². The van der Waals surface area contributed by atoms with Crippen LogP contribution in [-0.2, 0) is 10.0 Å². The second-order valence-corrected chi connectivity index (χ2v) is 9.22. The first kappa shape index (κ1) is 21.3. The van der Waals surface area contributed by atoms with E-state index in [9.17, 15) is 21.6 Å². The van der Waals surface area contributed by atoms with Crippen LogP contribution in [0.25, 0.3) is 16.9 Å². The number of aromatic nitrogens is 5. The van der Waals surface area contributed by atoms with Crippen LogP contribution >= 0.6 is 0 Å². The van der Waals surface area contributed by atoms with Gasteiger partial charge in [-0.05, 0) is 42.5 Å². The molecule has 0 saturated carbocycles. The number of benzene rings is 2. The van der Waals surface area contributed by atoms with Gasteiger partial charge >= 0.3 is 0 Å². The Morgan fingerprint density at radius 3 is 2.27 bits per heavy atom. The number of sulfonamides is 1. The third-order valence-corrected chi connectivity index (χ3v) is 7.25. The van der Waals surface area contributed by atoms with Crippen molar-refractivity contribution in [3.8, 4) is 5.69 Å². The van der Waals surface area contributed by atoms with Crippen molar-refractivity contribution in [2.45, 2.75) is 4.90 Å². The minimum atomic E-state index is -4.20. The van der Waals surface area contributed by atoms with E-state index >= 15 is 0 Å². The van der Waals surface area contributed by atoms with E-state index in [2.05, 4.69) is 20.3 Å². The number of halogens is 3. The van der Waals surface area contributed by atoms with Gasteiger partial charge in [-0.2, -0.15) is 8.99 Å². The Morgan fingerprint density at radius 1 is 0.848 bits per heavy atom. The molecule has 13 heteroatoms. The molecule has 0 radical (unpaired) electrons. The Balaban J connectivity index is 1.40. The number of piperazine rings is 1. The molecule has 1 aliphatic rings. The maximum absolute atomic E-state index is 14.1. The molecule has 0 amide bonds. The summed E-state index contributed by atoms with van der Waals surface area (Å²) in [5.41, 5.74) is 1.37. The van der Waals surface area contributed by atoms with Crippen molar-refractivity contribution >= 4 is 27.0 Å². The monoisotopic (exact) mass is 475 g/mol. The molecule has 3 heterocycles. The number of nitrogens with zero attached hydrogens (tertiary/aromatic N) is 7. The number of anilines is 1. The lowest BCUT2D eigenvalue weighted by Crippen LogP contribution is -2.49. The molecule has 33 heavy (non-hydrogen) atoms. The number of fused-ring (bicyclic) bond motifs is 1. The predicted molar refractivity (Wildman–Crippen MR) is 112 cm³/mol. The molecular formula is C20H16F3N7O2S. The molecule has 9 nitrogen and oxygen atoms in total. The molecule has 1 aliphatic heterocycles. The van der Waals surface area contributed by atoms with Gasteiger partial charge in [0, 0.05) is 26.2 Å². The Hall–Kier alpha value is -3.58. The van der Waals surface area contributed by atoms with Gasteiger partial charge in [-0.1, -0.05) is 5.21 Å². The summed E-state index contributed by atoms with van der Waals surface area (Å²) in [5, 5.41) is 8.25. The summed E-state index contributed by atoms with van der Waals surface area (Å²) in [7, 11) is -4.20. The van der Waals surface area contributed by atoms with Crippen molar-refractivity contribution in [1.82, 2.24) is 29.3 Å². The summed E-state index contributed by atoms with van der Waals surface area (Å²) >= 11 is 0. The lowest BCUT2D eigenvalue weighted by molar-refractivity contribution is 0.381. The maximum atomic E-state index is 14.1. The quantitative estimate of drug-likeness (QED) is 0.446. The molecule has 2 aromatic heterocycles. The lowest BCUT2D eigenvalue weighted by Gasteiger charge is -2.34. The highest BCUT2D eigenvalue weighted by Gasteiger charge is 2.32. The summed E-state index contributed by atoms with van der Waals surface area (Å²) in [6, 6.07) is 8.02. The molecule has 0 aliphatic carbocycles. The highest BCUT2D eigenvalue weighted by atomic mass is 32.2. The fourth-order valence-corrected chi connectivity index (χ4v) is 5.18. The third-order valence-electron chi connectivity index (χ3n) is 5.34. The van der Waals surface area contributed by atoms with Crippen molar-refractivity contribution in [2.24, 2.45) is 0 Å². The fourth-order valence-electron chi connectivity index (χ4n) is 3.68. The van der Waals surface area contributed by atoms with Crippen LogP contribution in [0.1, 0.15) is 0 Å². The van der Waals surface area contributed by atoms with Gasteiger partial charge in [0.15, 0.2) is 17.0 Å². The molecule has 170 valence electrons. The smallest absolute Gasteiger partial charge is 0.246 e. The fraction of sp³-hybridized carbons (Fsp3) is 0.200. The van der Waals surface area contributed by atoms with Crippen LogP contribution in [0.4, 0.5) is 19.0 Å². The topological polar surface area (TPSA) is 97.1 Å². The van der Waals surface area contributed by atoms with E-state index in [1.54, 1.807) is 12.1 Å². The van der Waals surface area contributed by atoms with Gasteiger partial charge < -0.3 is 4.90 Å². The molecule has 5 rings (SSSR count). The van der Waals surface area contributed by atoms with Crippen molar-refractivity contribution in [3.05, 3.63) is 66.2 Å². The molecule has 1 saturated heterocycles. The van der Waals surface area contributed by atoms with Crippen LogP contribution in [-0.4, -0.2) is 63.9 Å². The summed E-state index contributed by atoms with van der Waals surface area (Å²) in [6.07, 6.45) is 1.34. The van der Waals surface area contributed by atoms with E-state index in [1.165, 1.54) is 23.1 Å². The molecule has 0 atom stereocenters. The van der Waals surface area contributed by atoms with Gasteiger partial charge in [-0.15, -0.1) is 5.10 Å². The summed E-state index contributed by atoms with van der Waals surface area (Å²) in [4.78, 5) is 9.64. The zero-order chi connectivity index (χ0) is 23.2. The van der Waals surface area contributed by atoms with Gasteiger partial charge in [-0.25, -0.2) is 31.6 Å². The Bertz CT molecular complexity index is 1440. The van der Waals surface area contributed by atoms with Gasteiger partial charge in [0.25, 0.3) is 0 Å². The minimum absolute atomic E-state index is 0.0376. The van der Waals surface area contributed by atoms with Crippen LogP contribution in [0.15, 0.2) is 53.7 Å². The molecule has 0 bridgehead atoms. The SMILES string of the molecule is O=S(=O)(c1cc(F)ccc1F)N1CCN(c2ncnc3c2nnn3-c2ccc(F)cc2)CC1. The Labute approximate surface area is 186 Å². The molecule has 1 fully saturated rings. The number of hydrogen-bond acceptors (Lipinski definition) is 7. The average Bonchev–Trinajstić information content (AvgIpc) is 3.25. The van der Waals surface area contributed by atoms with Crippen molar-refractivity contribution in [3.63, 3.8) is 0 Å². The van der Waals surface area contributed by atoms with E-state index in [0.717, 1.165) is 16.4 Å². The standard InChI is InChI=1S/C20H16F3N7O2S/c21-13-1-4-15(5-2-13)30-20-18(26-27-30)19(24-12-25-20)28-7-9-29(10-8-28)33(31,32)17-11-14(22)3-6-16(17)23/h1-6,11-12H,7-10H2. The molecule has 4 aromatic rings. The van der Waals surface area contributed by atoms with Crippen LogP contribution < -0.4 is 4.90 Å². The van der Waals surface area contributed by atoms with Crippen LogP contribution in [0.3, 0.4) is 0 Å². The highest BCUT2D eigenvalue weighted by molar-refractivity contribution is 7.89. The highest BCUT2D eigenvalue weighted by Crippen LogP contribution is 2.26. The summed E-state index contributed by atoms with van der Waals surface area (Å²) in [6.45, 7) is 0.559. The van der Waals surface area contributed by atoms with E-state index < -0.39 is 26.6 Å². The van der Waals surface area contributed by atoms with E-state index in [4.69, 9.17) is 0 Å². The van der Waals surface area contributed by atoms with Crippen molar-refractivity contribution in [1.29, 1.82) is 0 Å². The molecule has 2 aromatic carbocycles. The molecule has 0 N–H and O–H groups in total. The zero-order valence-electron chi connectivity index (χ0n) is 16.9. The van der Waals surface area contributed by atoms with Crippen LogP contribution in [0.5, 0.6) is 0 Å².